The molecule has 0 fully saturated rings. The zero-order valence-electron chi connectivity index (χ0n) is 8.75. The van der Waals surface area contributed by atoms with Crippen molar-refractivity contribution >= 4 is 5.84 Å². The monoisotopic (exact) mass is 248 g/mol. The standard InChI is InChI=1S/C10H11F3N2O2/c11-10(12,13)5-16-6-17-8-3-1-2-7(4-8)9(14)15/h1-4H,5-6H2,(H3,14,15). The maximum atomic E-state index is 11.7. The SMILES string of the molecule is N=C(N)c1cccc(OCOCC(F)(F)F)c1. The van der Waals surface area contributed by atoms with Gasteiger partial charge < -0.3 is 15.2 Å². The maximum Gasteiger partial charge on any atom is 0.411 e. The van der Waals surface area contributed by atoms with Gasteiger partial charge in [-0.25, -0.2) is 0 Å². The number of nitrogens with one attached hydrogen (secondary N) is 1. The Balaban J connectivity index is 2.42. The summed E-state index contributed by atoms with van der Waals surface area (Å²) in [7, 11) is 0. The van der Waals surface area contributed by atoms with E-state index in [9.17, 15) is 13.2 Å². The first-order valence-electron chi connectivity index (χ1n) is 4.60. The van der Waals surface area contributed by atoms with Crippen LogP contribution in [0.3, 0.4) is 0 Å². The van der Waals surface area contributed by atoms with Gasteiger partial charge in [0.05, 0.1) is 0 Å². The third-order valence-electron chi connectivity index (χ3n) is 1.72. The quantitative estimate of drug-likeness (QED) is 0.362. The van der Waals surface area contributed by atoms with Crippen LogP contribution in [0.1, 0.15) is 5.56 Å². The third kappa shape index (κ3) is 5.21. The summed E-state index contributed by atoms with van der Waals surface area (Å²) in [4.78, 5) is 0. The van der Waals surface area contributed by atoms with E-state index in [4.69, 9.17) is 15.9 Å². The van der Waals surface area contributed by atoms with Gasteiger partial charge in [0.2, 0.25) is 0 Å². The molecule has 0 spiro atoms. The molecule has 1 rings (SSSR count). The number of hydrogen-bond donors (Lipinski definition) is 2. The number of amidine groups is 1. The maximum absolute atomic E-state index is 11.7. The predicted octanol–water partition coefficient (Wildman–Crippen LogP) is 1.89. The highest BCUT2D eigenvalue weighted by molar-refractivity contribution is 5.95. The van der Waals surface area contributed by atoms with E-state index in [-0.39, 0.29) is 5.84 Å². The Hall–Kier alpha value is -1.76. The topological polar surface area (TPSA) is 68.3 Å². The Morgan fingerprint density at radius 2 is 2.06 bits per heavy atom. The molecular weight excluding hydrogens is 237 g/mol. The molecule has 0 amide bonds. The van der Waals surface area contributed by atoms with Crippen LogP contribution in [0.4, 0.5) is 13.2 Å². The van der Waals surface area contributed by atoms with Crippen LogP contribution in [0, 0.1) is 5.41 Å². The lowest BCUT2D eigenvalue weighted by atomic mass is 10.2. The average Bonchev–Trinajstić information content (AvgIpc) is 2.23. The zero-order valence-corrected chi connectivity index (χ0v) is 8.75. The molecule has 1 aromatic rings. The molecule has 0 aliphatic rings. The van der Waals surface area contributed by atoms with Crippen LogP contribution < -0.4 is 10.5 Å². The van der Waals surface area contributed by atoms with Gasteiger partial charge in [-0.3, -0.25) is 5.41 Å². The van der Waals surface area contributed by atoms with Crippen LogP contribution in [0.5, 0.6) is 5.75 Å². The van der Waals surface area contributed by atoms with Gasteiger partial charge in [-0.1, -0.05) is 12.1 Å². The van der Waals surface area contributed by atoms with E-state index < -0.39 is 19.6 Å². The Morgan fingerprint density at radius 3 is 2.65 bits per heavy atom. The summed E-state index contributed by atoms with van der Waals surface area (Å²) in [6.45, 7) is -1.87. The molecule has 0 unspecified atom stereocenters. The van der Waals surface area contributed by atoms with Crippen molar-refractivity contribution in [1.82, 2.24) is 0 Å². The summed E-state index contributed by atoms with van der Waals surface area (Å²) >= 11 is 0. The number of alkyl halides is 3. The number of nitrogen functional groups attached to an aromatic ring is 1. The van der Waals surface area contributed by atoms with Crippen LogP contribution in [0.2, 0.25) is 0 Å². The van der Waals surface area contributed by atoms with Gasteiger partial charge in [-0.05, 0) is 12.1 Å². The molecule has 0 heterocycles. The molecule has 0 aromatic heterocycles. The van der Waals surface area contributed by atoms with Gasteiger partial charge in [0.25, 0.3) is 0 Å². The minimum absolute atomic E-state index is 0.147. The van der Waals surface area contributed by atoms with Crippen LogP contribution in [0.15, 0.2) is 24.3 Å². The minimum Gasteiger partial charge on any atom is -0.468 e. The number of halogens is 3. The van der Waals surface area contributed by atoms with Crippen molar-refractivity contribution in [3.63, 3.8) is 0 Å². The summed E-state index contributed by atoms with van der Waals surface area (Å²) in [5, 5.41) is 7.17. The van der Waals surface area contributed by atoms with Crippen LogP contribution in [0.25, 0.3) is 0 Å². The van der Waals surface area contributed by atoms with Gasteiger partial charge in [0.15, 0.2) is 6.79 Å². The fourth-order valence-corrected chi connectivity index (χ4v) is 1.02. The van der Waals surface area contributed by atoms with E-state index >= 15 is 0 Å². The molecule has 17 heavy (non-hydrogen) atoms. The summed E-state index contributed by atoms with van der Waals surface area (Å²) < 4.78 is 44.4. The Bertz CT molecular complexity index is 393. The fourth-order valence-electron chi connectivity index (χ4n) is 1.02. The molecule has 0 bridgehead atoms. The molecule has 94 valence electrons. The summed E-state index contributed by atoms with van der Waals surface area (Å²) in [5.74, 6) is 0.145. The molecule has 0 radical (unpaired) electrons. The first-order chi connectivity index (χ1) is 7.88. The minimum atomic E-state index is -4.37. The second-order valence-electron chi connectivity index (χ2n) is 3.17. The van der Waals surface area contributed by atoms with Gasteiger partial charge in [-0.2, -0.15) is 13.2 Å². The predicted molar refractivity (Wildman–Crippen MR) is 55.0 cm³/mol. The van der Waals surface area contributed by atoms with Gasteiger partial charge >= 0.3 is 6.18 Å². The summed E-state index contributed by atoms with van der Waals surface area (Å²) in [6.07, 6.45) is -4.37. The summed E-state index contributed by atoms with van der Waals surface area (Å²) in [5.41, 5.74) is 5.67. The van der Waals surface area contributed by atoms with Crippen molar-refractivity contribution in [3.05, 3.63) is 29.8 Å². The van der Waals surface area contributed by atoms with E-state index in [1.807, 2.05) is 0 Å². The lowest BCUT2D eigenvalue weighted by Gasteiger charge is -2.09. The van der Waals surface area contributed by atoms with E-state index in [0.29, 0.717) is 11.3 Å². The molecular formula is C10H11F3N2O2. The Morgan fingerprint density at radius 1 is 1.35 bits per heavy atom. The number of ether oxygens (including phenoxy) is 2. The number of benzene rings is 1. The highest BCUT2D eigenvalue weighted by Crippen LogP contribution is 2.16. The molecule has 0 aliphatic carbocycles. The van der Waals surface area contributed by atoms with Crippen molar-refractivity contribution in [2.24, 2.45) is 5.73 Å². The normalized spacial score (nSPS) is 11.2. The molecule has 4 nitrogen and oxygen atoms in total. The van der Waals surface area contributed by atoms with Crippen molar-refractivity contribution < 1.29 is 22.6 Å². The van der Waals surface area contributed by atoms with Crippen LogP contribution >= 0.6 is 0 Å². The van der Waals surface area contributed by atoms with E-state index in [1.165, 1.54) is 12.1 Å². The van der Waals surface area contributed by atoms with Gasteiger partial charge in [-0.15, -0.1) is 0 Å². The summed E-state index contributed by atoms with van der Waals surface area (Å²) in [6, 6.07) is 6.14. The van der Waals surface area contributed by atoms with Gasteiger partial charge in [0, 0.05) is 5.56 Å². The van der Waals surface area contributed by atoms with Crippen LogP contribution in [-0.2, 0) is 4.74 Å². The van der Waals surface area contributed by atoms with E-state index in [2.05, 4.69) is 4.74 Å². The smallest absolute Gasteiger partial charge is 0.411 e. The molecule has 0 atom stereocenters. The highest BCUT2D eigenvalue weighted by atomic mass is 19.4. The van der Waals surface area contributed by atoms with Gasteiger partial charge in [0.1, 0.15) is 18.2 Å². The third-order valence-corrected chi connectivity index (χ3v) is 1.72. The zero-order chi connectivity index (χ0) is 12.9. The largest absolute Gasteiger partial charge is 0.468 e. The molecule has 7 heteroatoms. The molecule has 1 aromatic carbocycles. The number of rotatable bonds is 5. The lowest BCUT2D eigenvalue weighted by Crippen LogP contribution is -2.19. The lowest BCUT2D eigenvalue weighted by molar-refractivity contribution is -0.186. The highest BCUT2D eigenvalue weighted by Gasteiger charge is 2.27. The van der Waals surface area contributed by atoms with Crippen LogP contribution in [-0.4, -0.2) is 25.4 Å². The second kappa shape index (κ2) is 5.53. The van der Waals surface area contributed by atoms with Crippen molar-refractivity contribution in [1.29, 1.82) is 5.41 Å². The molecule has 0 saturated carbocycles. The van der Waals surface area contributed by atoms with Crippen molar-refractivity contribution in [2.75, 3.05) is 13.4 Å². The van der Waals surface area contributed by atoms with E-state index in [0.717, 1.165) is 0 Å². The Labute approximate surface area is 95.6 Å². The first-order valence-corrected chi connectivity index (χ1v) is 4.60. The van der Waals surface area contributed by atoms with E-state index in [1.54, 1.807) is 12.1 Å². The van der Waals surface area contributed by atoms with Crippen molar-refractivity contribution in [2.45, 2.75) is 6.18 Å². The molecule has 3 N–H and O–H groups in total. The fraction of sp³-hybridized carbons (Fsp3) is 0.300. The number of hydrogen-bond acceptors (Lipinski definition) is 3. The molecule has 0 aliphatic heterocycles. The average molecular weight is 248 g/mol. The number of nitrogens with two attached hydrogens (primary N) is 1. The molecule has 0 saturated heterocycles. The Kier molecular flexibility index (Phi) is 4.33. The second-order valence-corrected chi connectivity index (χ2v) is 3.17. The first kappa shape index (κ1) is 13.3. The van der Waals surface area contributed by atoms with Crippen molar-refractivity contribution in [3.8, 4) is 5.75 Å².